The van der Waals surface area contributed by atoms with Crippen LogP contribution in [0.25, 0.3) is 43.1 Å². The van der Waals surface area contributed by atoms with Gasteiger partial charge < -0.3 is 23.7 Å². The summed E-state index contributed by atoms with van der Waals surface area (Å²) in [5.41, 5.74) is 4.50. The van der Waals surface area contributed by atoms with Crippen LogP contribution < -0.4 is 4.74 Å². The van der Waals surface area contributed by atoms with Crippen molar-refractivity contribution in [3.8, 4) is 11.5 Å². The van der Waals surface area contributed by atoms with Crippen LogP contribution in [0.2, 0.25) is 0 Å². The Morgan fingerprint density at radius 1 is 0.368 bits per heavy atom. The summed E-state index contributed by atoms with van der Waals surface area (Å²) in [6.07, 6.45) is 5.23. The third kappa shape index (κ3) is 9.89. The van der Waals surface area contributed by atoms with E-state index >= 15 is 0 Å². The van der Waals surface area contributed by atoms with Gasteiger partial charge in [-0.1, -0.05) is 72.8 Å². The van der Waals surface area contributed by atoms with E-state index in [2.05, 4.69) is 36.4 Å². The molecule has 6 aromatic rings. The number of carbonyl (C=O) groups excluding carboxylic acids is 4. The zero-order valence-corrected chi connectivity index (χ0v) is 33.2. The average Bonchev–Trinajstić information content (AvgIpc) is 3.18. The summed E-state index contributed by atoms with van der Waals surface area (Å²) >= 11 is 0. The van der Waals surface area contributed by atoms with Gasteiger partial charge in [-0.2, -0.15) is 0 Å². The third-order valence-electron chi connectivity index (χ3n) is 10.2. The summed E-state index contributed by atoms with van der Waals surface area (Å²) in [7, 11) is 0. The van der Waals surface area contributed by atoms with Gasteiger partial charge in [-0.3, -0.25) is 19.2 Å². The lowest BCUT2D eigenvalue weighted by atomic mass is 9.87. The van der Waals surface area contributed by atoms with Crippen LogP contribution in [0.3, 0.4) is 0 Å². The first-order valence-corrected chi connectivity index (χ1v) is 19.8. The highest BCUT2D eigenvalue weighted by atomic mass is 16.5. The molecule has 0 bridgehead atoms. The minimum atomic E-state index is -0.310. The maximum Gasteiger partial charge on any atom is 0.302 e. The fourth-order valence-electron chi connectivity index (χ4n) is 7.97. The molecule has 9 heteroatoms. The van der Waals surface area contributed by atoms with Crippen LogP contribution in [-0.2, 0) is 63.8 Å². The lowest BCUT2D eigenvalue weighted by molar-refractivity contribution is -0.142. The molecule has 0 radical (unpaired) electrons. The quantitative estimate of drug-likeness (QED) is 0.0365. The smallest absolute Gasteiger partial charge is 0.302 e. The summed E-state index contributed by atoms with van der Waals surface area (Å²) in [5, 5.41) is 8.50. The molecule has 0 spiro atoms. The molecule has 0 saturated heterocycles. The Balaban J connectivity index is 1.55. The lowest BCUT2D eigenvalue weighted by Crippen LogP contribution is -2.05. The Morgan fingerprint density at radius 2 is 0.649 bits per heavy atom. The minimum absolute atomic E-state index is 0.297. The number of ether oxygens (including phenoxy) is 5. The van der Waals surface area contributed by atoms with Crippen molar-refractivity contribution in [3.63, 3.8) is 0 Å². The van der Waals surface area contributed by atoms with Crippen LogP contribution in [0.1, 0.15) is 75.6 Å². The second-order valence-corrected chi connectivity index (χ2v) is 14.2. The number of carbonyl (C=O) groups is 4. The van der Waals surface area contributed by atoms with E-state index in [4.69, 9.17) is 23.7 Å². The maximum atomic E-state index is 11.7. The Hall–Kier alpha value is -5.96. The van der Waals surface area contributed by atoms with E-state index in [1.165, 1.54) is 27.7 Å². The Bertz CT molecular complexity index is 2260. The highest BCUT2D eigenvalue weighted by Gasteiger charge is 2.21. The molecule has 0 aliphatic rings. The van der Waals surface area contributed by atoms with Gasteiger partial charge >= 0.3 is 23.9 Å². The molecule has 296 valence electrons. The topological polar surface area (TPSA) is 114 Å². The zero-order valence-electron chi connectivity index (χ0n) is 33.2. The number of aryl methyl sites for hydroxylation is 4. The van der Waals surface area contributed by atoms with Crippen molar-refractivity contribution < 1.29 is 42.9 Å². The van der Waals surface area contributed by atoms with Crippen LogP contribution in [0.4, 0.5) is 0 Å². The fourth-order valence-corrected chi connectivity index (χ4v) is 7.97. The molecule has 0 N–H and O–H groups in total. The van der Waals surface area contributed by atoms with Crippen molar-refractivity contribution in [2.75, 3.05) is 26.4 Å². The molecule has 0 aromatic heterocycles. The maximum absolute atomic E-state index is 11.7. The fraction of sp³-hybridized carbons (Fsp3) is 0.333. The van der Waals surface area contributed by atoms with Gasteiger partial charge in [0.2, 0.25) is 0 Å². The van der Waals surface area contributed by atoms with Gasteiger partial charge in [0.1, 0.15) is 11.5 Å². The molecule has 6 rings (SSSR count). The van der Waals surface area contributed by atoms with Crippen LogP contribution >= 0.6 is 0 Å². The molecule has 0 aliphatic carbocycles. The van der Waals surface area contributed by atoms with Gasteiger partial charge in [0.25, 0.3) is 0 Å². The van der Waals surface area contributed by atoms with Gasteiger partial charge in [0.05, 0.1) is 26.4 Å². The first-order chi connectivity index (χ1) is 27.6. The van der Waals surface area contributed by atoms with Gasteiger partial charge in [0, 0.05) is 38.5 Å². The predicted octanol–water partition coefficient (Wildman–Crippen LogP) is 10.1. The molecule has 0 aliphatic heterocycles. The van der Waals surface area contributed by atoms with Crippen LogP contribution in [-0.4, -0.2) is 50.3 Å². The summed E-state index contributed by atoms with van der Waals surface area (Å²) in [6.45, 7) is 6.92. The standard InChI is InChI=1S/C48H50O9/c1-31(49)53-27-11-21-39-35-15-5-7-17-37(35)43(23-13-29-55-33(3)51)47-41(39)19-9-25-45(47)57-46-26-10-20-42-40(22-12-28-54-32(2)50)36-16-6-8-18-38(36)44(48(42)46)24-14-30-56-34(4)52/h5-10,15-20,25-26H,11-14,21-24,27-30H2,1-4H3. The van der Waals surface area contributed by atoms with Crippen LogP contribution in [0.15, 0.2) is 84.9 Å². The lowest BCUT2D eigenvalue weighted by Gasteiger charge is -2.22. The number of hydrogen-bond donors (Lipinski definition) is 0. The average molecular weight is 771 g/mol. The number of hydrogen-bond acceptors (Lipinski definition) is 9. The number of esters is 4. The minimum Gasteiger partial charge on any atom is -0.466 e. The van der Waals surface area contributed by atoms with Gasteiger partial charge in [-0.05, 0) is 118 Å². The molecule has 0 unspecified atom stereocenters. The largest absolute Gasteiger partial charge is 0.466 e. The normalized spacial score (nSPS) is 11.2. The van der Waals surface area contributed by atoms with Gasteiger partial charge in [-0.25, -0.2) is 0 Å². The van der Waals surface area contributed by atoms with E-state index in [0.29, 0.717) is 89.3 Å². The van der Waals surface area contributed by atoms with Crippen molar-refractivity contribution in [1.29, 1.82) is 0 Å². The van der Waals surface area contributed by atoms with Gasteiger partial charge in [0.15, 0.2) is 0 Å². The Morgan fingerprint density at radius 3 is 0.965 bits per heavy atom. The molecule has 9 nitrogen and oxygen atoms in total. The molecule has 0 fully saturated rings. The zero-order chi connectivity index (χ0) is 40.3. The number of benzene rings is 6. The van der Waals surface area contributed by atoms with Crippen molar-refractivity contribution in [3.05, 3.63) is 107 Å². The van der Waals surface area contributed by atoms with E-state index in [-0.39, 0.29) is 23.9 Å². The van der Waals surface area contributed by atoms with E-state index in [9.17, 15) is 19.2 Å². The molecular formula is C48H50O9. The van der Waals surface area contributed by atoms with Gasteiger partial charge in [-0.15, -0.1) is 0 Å². The molecule has 0 heterocycles. The van der Waals surface area contributed by atoms with Crippen molar-refractivity contribution in [2.24, 2.45) is 0 Å². The molecule has 0 amide bonds. The monoisotopic (exact) mass is 770 g/mol. The highest BCUT2D eigenvalue weighted by molar-refractivity contribution is 6.10. The van der Waals surface area contributed by atoms with Crippen molar-refractivity contribution >= 4 is 67.0 Å². The van der Waals surface area contributed by atoms with E-state index in [1.807, 2.05) is 48.5 Å². The molecule has 57 heavy (non-hydrogen) atoms. The van der Waals surface area contributed by atoms with Crippen molar-refractivity contribution in [1.82, 2.24) is 0 Å². The molecule has 0 atom stereocenters. The third-order valence-corrected chi connectivity index (χ3v) is 10.2. The number of fused-ring (bicyclic) bond motifs is 4. The number of rotatable bonds is 18. The van der Waals surface area contributed by atoms with E-state index in [0.717, 1.165) is 65.3 Å². The highest BCUT2D eigenvalue weighted by Crippen LogP contribution is 2.44. The SMILES string of the molecule is CC(=O)OCCCc1c2ccccc2c(CCCOC(C)=O)c2c(Oc3cccc4c(CCCOC(C)=O)c5ccccc5c(CCCOC(C)=O)c34)cccc12. The van der Waals surface area contributed by atoms with Crippen LogP contribution in [0, 0.1) is 0 Å². The van der Waals surface area contributed by atoms with Crippen LogP contribution in [0.5, 0.6) is 11.5 Å². The summed E-state index contributed by atoms with van der Waals surface area (Å²) < 4.78 is 28.6. The summed E-state index contributed by atoms with van der Waals surface area (Å²) in [4.78, 5) is 46.6. The molecule has 0 saturated carbocycles. The first-order valence-electron chi connectivity index (χ1n) is 19.8. The summed E-state index contributed by atoms with van der Waals surface area (Å²) in [5.74, 6) is 0.175. The summed E-state index contributed by atoms with van der Waals surface area (Å²) in [6, 6.07) is 29.0. The Kier molecular flexibility index (Phi) is 13.8. The predicted molar refractivity (Wildman–Crippen MR) is 223 cm³/mol. The second-order valence-electron chi connectivity index (χ2n) is 14.2. The Labute approximate surface area is 333 Å². The second kappa shape index (κ2) is 19.3. The molecular weight excluding hydrogens is 721 g/mol. The van der Waals surface area contributed by atoms with E-state index in [1.54, 1.807) is 0 Å². The first kappa shape index (κ1) is 40.7. The molecule has 6 aromatic carbocycles. The van der Waals surface area contributed by atoms with Crippen molar-refractivity contribution in [2.45, 2.75) is 79.1 Å². The van der Waals surface area contributed by atoms with E-state index < -0.39 is 0 Å².